The molecule has 0 saturated carbocycles. The van der Waals surface area contributed by atoms with Gasteiger partial charge in [0.15, 0.2) is 5.82 Å². The largest absolute Gasteiger partial charge is 0.337 e. The van der Waals surface area contributed by atoms with Crippen LogP contribution in [0, 0.1) is 6.92 Å². The van der Waals surface area contributed by atoms with Crippen molar-refractivity contribution < 1.29 is 0 Å². The number of nitrogens with zero attached hydrogens (tertiary/aromatic N) is 3. The number of anilines is 1. The van der Waals surface area contributed by atoms with Crippen molar-refractivity contribution in [3.63, 3.8) is 0 Å². The third-order valence-corrected chi connectivity index (χ3v) is 3.45. The molecule has 3 rings (SSSR count). The number of nitrogens with one attached hydrogen (secondary N) is 2. The summed E-state index contributed by atoms with van der Waals surface area (Å²) in [4.78, 5) is 6.82. The Morgan fingerprint density at radius 2 is 2.05 bits per heavy atom. The molecule has 1 fully saturated rings. The lowest BCUT2D eigenvalue weighted by atomic mass is 10.1. The van der Waals surface area contributed by atoms with Crippen LogP contribution in [0.25, 0.3) is 11.4 Å². The van der Waals surface area contributed by atoms with E-state index < -0.39 is 0 Å². The maximum atomic E-state index is 4.60. The highest BCUT2D eigenvalue weighted by Crippen LogP contribution is 2.18. The average Bonchev–Trinajstić information content (AvgIpc) is 2.89. The van der Waals surface area contributed by atoms with E-state index in [0.717, 1.165) is 37.0 Å². The fraction of sp³-hybridized carbons (Fsp3) is 0.429. The number of H-pyrrole nitrogens is 1. The molecule has 0 unspecified atom stereocenters. The minimum Gasteiger partial charge on any atom is -0.337 e. The van der Waals surface area contributed by atoms with Crippen LogP contribution in [-0.2, 0) is 0 Å². The Labute approximate surface area is 113 Å². The fourth-order valence-corrected chi connectivity index (χ4v) is 2.35. The van der Waals surface area contributed by atoms with Crippen molar-refractivity contribution in [1.29, 1.82) is 0 Å². The number of hydrogen-bond acceptors (Lipinski definition) is 4. The highest BCUT2D eigenvalue weighted by molar-refractivity contribution is 5.56. The summed E-state index contributed by atoms with van der Waals surface area (Å²) in [5.74, 6) is 1.63. The third kappa shape index (κ3) is 2.61. The van der Waals surface area contributed by atoms with E-state index in [-0.39, 0.29) is 0 Å². The van der Waals surface area contributed by atoms with E-state index in [2.05, 4.69) is 63.5 Å². The number of aromatic nitrogens is 3. The number of benzene rings is 1. The highest BCUT2D eigenvalue weighted by Gasteiger charge is 2.19. The first-order chi connectivity index (χ1) is 9.22. The lowest BCUT2D eigenvalue weighted by Crippen LogP contribution is -2.49. The summed E-state index contributed by atoms with van der Waals surface area (Å²) in [6.07, 6.45) is 0. The van der Waals surface area contributed by atoms with E-state index >= 15 is 0 Å². The molecular weight excluding hydrogens is 238 g/mol. The molecular formula is C14H19N5. The molecule has 1 saturated heterocycles. The van der Waals surface area contributed by atoms with Crippen LogP contribution in [0.15, 0.2) is 24.3 Å². The predicted octanol–water partition coefficient (Wildman–Crippen LogP) is 1.58. The van der Waals surface area contributed by atoms with Crippen molar-refractivity contribution in [2.45, 2.75) is 19.9 Å². The minimum absolute atomic E-state index is 0.482. The van der Waals surface area contributed by atoms with Gasteiger partial charge in [0.2, 0.25) is 5.95 Å². The van der Waals surface area contributed by atoms with Gasteiger partial charge in [0.25, 0.3) is 0 Å². The summed E-state index contributed by atoms with van der Waals surface area (Å²) in [6, 6.07) is 8.80. The fourth-order valence-electron chi connectivity index (χ4n) is 2.35. The maximum absolute atomic E-state index is 4.60. The standard InChI is InChI=1S/C14H19N5/c1-10-3-5-12(6-4-10)13-16-14(18-17-13)19-8-7-15-11(2)9-19/h3-6,11,15H,7-9H2,1-2H3,(H,16,17,18)/t11-/m0/s1. The lowest BCUT2D eigenvalue weighted by Gasteiger charge is -2.30. The van der Waals surface area contributed by atoms with Gasteiger partial charge in [-0.05, 0) is 13.8 Å². The molecule has 0 aliphatic carbocycles. The van der Waals surface area contributed by atoms with Crippen molar-refractivity contribution in [2.24, 2.45) is 0 Å². The van der Waals surface area contributed by atoms with Gasteiger partial charge in [0, 0.05) is 31.2 Å². The van der Waals surface area contributed by atoms with E-state index in [9.17, 15) is 0 Å². The lowest BCUT2D eigenvalue weighted by molar-refractivity contribution is 0.480. The molecule has 0 bridgehead atoms. The van der Waals surface area contributed by atoms with Gasteiger partial charge >= 0.3 is 0 Å². The topological polar surface area (TPSA) is 56.8 Å². The summed E-state index contributed by atoms with van der Waals surface area (Å²) < 4.78 is 0. The van der Waals surface area contributed by atoms with Crippen LogP contribution in [0.1, 0.15) is 12.5 Å². The number of aromatic amines is 1. The molecule has 5 nitrogen and oxygen atoms in total. The molecule has 0 radical (unpaired) electrons. The monoisotopic (exact) mass is 257 g/mol. The zero-order valence-electron chi connectivity index (χ0n) is 11.3. The van der Waals surface area contributed by atoms with E-state index in [0.29, 0.717) is 6.04 Å². The van der Waals surface area contributed by atoms with Crippen LogP contribution in [-0.4, -0.2) is 40.9 Å². The van der Waals surface area contributed by atoms with E-state index in [4.69, 9.17) is 0 Å². The molecule has 5 heteroatoms. The summed E-state index contributed by atoms with van der Waals surface area (Å²) in [5, 5.41) is 10.8. The third-order valence-electron chi connectivity index (χ3n) is 3.45. The normalized spacial score (nSPS) is 19.7. The minimum atomic E-state index is 0.482. The van der Waals surface area contributed by atoms with Crippen LogP contribution in [0.2, 0.25) is 0 Å². The summed E-state index contributed by atoms with van der Waals surface area (Å²) in [5.41, 5.74) is 2.33. The van der Waals surface area contributed by atoms with Gasteiger partial charge < -0.3 is 10.2 Å². The Balaban J connectivity index is 1.81. The quantitative estimate of drug-likeness (QED) is 0.857. The molecule has 1 aromatic carbocycles. The van der Waals surface area contributed by atoms with Crippen molar-refractivity contribution >= 4 is 5.95 Å². The molecule has 1 atom stereocenters. The first-order valence-corrected chi connectivity index (χ1v) is 6.70. The van der Waals surface area contributed by atoms with Gasteiger partial charge in [0.05, 0.1) is 0 Å². The molecule has 100 valence electrons. The number of aryl methyl sites for hydroxylation is 1. The van der Waals surface area contributed by atoms with Crippen LogP contribution in [0.3, 0.4) is 0 Å². The van der Waals surface area contributed by atoms with Crippen LogP contribution < -0.4 is 10.2 Å². The predicted molar refractivity (Wildman–Crippen MR) is 76.2 cm³/mol. The first kappa shape index (κ1) is 12.2. The Bertz CT molecular complexity index is 545. The summed E-state index contributed by atoms with van der Waals surface area (Å²) in [6.45, 7) is 7.15. The maximum Gasteiger partial charge on any atom is 0.245 e. The number of rotatable bonds is 2. The van der Waals surface area contributed by atoms with Gasteiger partial charge in [0.1, 0.15) is 0 Å². The van der Waals surface area contributed by atoms with Crippen LogP contribution in [0.4, 0.5) is 5.95 Å². The Morgan fingerprint density at radius 1 is 1.26 bits per heavy atom. The highest BCUT2D eigenvalue weighted by atomic mass is 15.4. The molecule has 2 aromatic rings. The SMILES string of the molecule is Cc1ccc(-c2nc(N3CCN[C@@H](C)C3)n[nH]2)cc1. The van der Waals surface area contributed by atoms with Gasteiger partial charge in [-0.1, -0.05) is 29.8 Å². The van der Waals surface area contributed by atoms with E-state index in [1.807, 2.05) is 0 Å². The molecule has 1 aromatic heterocycles. The van der Waals surface area contributed by atoms with Gasteiger partial charge in [-0.2, -0.15) is 4.98 Å². The van der Waals surface area contributed by atoms with Crippen LogP contribution in [0.5, 0.6) is 0 Å². The van der Waals surface area contributed by atoms with E-state index in [1.165, 1.54) is 5.56 Å². The smallest absolute Gasteiger partial charge is 0.245 e. The molecule has 1 aliphatic heterocycles. The van der Waals surface area contributed by atoms with E-state index in [1.54, 1.807) is 0 Å². The molecule has 0 spiro atoms. The Hall–Kier alpha value is -1.88. The molecule has 2 heterocycles. The zero-order valence-corrected chi connectivity index (χ0v) is 11.3. The number of hydrogen-bond donors (Lipinski definition) is 2. The van der Waals surface area contributed by atoms with Gasteiger partial charge in [-0.3, -0.25) is 5.10 Å². The van der Waals surface area contributed by atoms with Crippen molar-refractivity contribution in [1.82, 2.24) is 20.5 Å². The average molecular weight is 257 g/mol. The van der Waals surface area contributed by atoms with Gasteiger partial charge in [-0.15, -0.1) is 5.10 Å². The number of piperazine rings is 1. The molecule has 1 aliphatic rings. The first-order valence-electron chi connectivity index (χ1n) is 6.70. The second-order valence-corrected chi connectivity index (χ2v) is 5.15. The molecule has 19 heavy (non-hydrogen) atoms. The Morgan fingerprint density at radius 3 is 2.79 bits per heavy atom. The van der Waals surface area contributed by atoms with Crippen LogP contribution >= 0.6 is 0 Å². The summed E-state index contributed by atoms with van der Waals surface area (Å²) >= 11 is 0. The van der Waals surface area contributed by atoms with Gasteiger partial charge in [-0.25, -0.2) is 0 Å². The van der Waals surface area contributed by atoms with Crippen molar-refractivity contribution in [2.75, 3.05) is 24.5 Å². The van der Waals surface area contributed by atoms with Crippen molar-refractivity contribution in [3.8, 4) is 11.4 Å². The zero-order chi connectivity index (χ0) is 13.2. The Kier molecular flexibility index (Phi) is 3.21. The second-order valence-electron chi connectivity index (χ2n) is 5.15. The summed E-state index contributed by atoms with van der Waals surface area (Å²) in [7, 11) is 0. The molecule has 2 N–H and O–H groups in total. The molecule has 0 amide bonds. The van der Waals surface area contributed by atoms with Crippen molar-refractivity contribution in [3.05, 3.63) is 29.8 Å². The second kappa shape index (κ2) is 5.01.